The summed E-state index contributed by atoms with van der Waals surface area (Å²) in [7, 11) is -5.87. The van der Waals surface area contributed by atoms with Gasteiger partial charge >= 0.3 is 13.3 Å². The summed E-state index contributed by atoms with van der Waals surface area (Å²) >= 11 is 2.50. The van der Waals surface area contributed by atoms with E-state index in [0.717, 1.165) is 69.1 Å². The summed E-state index contributed by atoms with van der Waals surface area (Å²) in [5, 5.41) is 22.5. The van der Waals surface area contributed by atoms with Crippen LogP contribution in [0.25, 0.3) is 20.5 Å². The minimum atomic E-state index is -5.87. The Labute approximate surface area is 548 Å². The number of alkyl halides is 2. The number of hydrogen-bond donors (Lipinski definition) is 7. The average Bonchev–Trinajstić information content (AvgIpc) is 1.61. The molecule has 0 radical (unpaired) electrons. The van der Waals surface area contributed by atoms with Gasteiger partial charge in [0.15, 0.2) is 6.61 Å². The second kappa shape index (κ2) is 29.0. The number of benzene rings is 4. The first-order valence-electron chi connectivity index (χ1n) is 31.4. The number of aryl methyl sites for hydroxylation is 1. The molecule has 9 rings (SSSR count). The number of piperidine rings is 1. The highest BCUT2D eigenvalue weighted by molar-refractivity contribution is 7.52. The van der Waals surface area contributed by atoms with Crippen LogP contribution in [0.15, 0.2) is 103 Å². The molecule has 7 amide bonds. The fourth-order valence-electron chi connectivity index (χ4n) is 12.3. The lowest BCUT2D eigenvalue weighted by molar-refractivity contribution is -0.150. The zero-order valence-corrected chi connectivity index (χ0v) is 56.1. The average molecular weight is 1340 g/mol. The van der Waals surface area contributed by atoms with Crippen LogP contribution in [0, 0.1) is 17.8 Å². The van der Waals surface area contributed by atoms with Crippen LogP contribution in [0.5, 0.6) is 5.75 Å². The number of rotatable bonds is 22. The van der Waals surface area contributed by atoms with Crippen molar-refractivity contribution in [3.8, 4) is 16.2 Å². The van der Waals surface area contributed by atoms with Gasteiger partial charge in [0.2, 0.25) is 29.5 Å². The van der Waals surface area contributed by atoms with E-state index < -0.39 is 95.5 Å². The Morgan fingerprint density at radius 3 is 2.16 bits per heavy atom. The van der Waals surface area contributed by atoms with E-state index in [1.54, 1.807) is 54.7 Å². The maximum Gasteiger partial charge on any atom is 0.399 e. The largest absolute Gasteiger partial charge is 0.484 e. The molecule has 0 bridgehead atoms. The number of carbonyl (C=O) groups is 7. The molecule has 0 spiro atoms. The lowest BCUT2D eigenvalue weighted by atomic mass is 9.83. The highest BCUT2D eigenvalue weighted by atomic mass is 32.1. The number of thiophene rings is 1. The van der Waals surface area contributed by atoms with Gasteiger partial charge in [0.1, 0.15) is 29.9 Å². The Kier molecular flexibility index (Phi) is 21.8. The Hall–Kier alpha value is -7.47. The van der Waals surface area contributed by atoms with E-state index in [4.69, 9.17) is 4.74 Å². The second-order valence-electron chi connectivity index (χ2n) is 26.7. The van der Waals surface area contributed by atoms with Gasteiger partial charge in [-0.2, -0.15) is 8.78 Å². The van der Waals surface area contributed by atoms with Crippen molar-refractivity contribution >= 4 is 81.7 Å². The van der Waals surface area contributed by atoms with Crippen molar-refractivity contribution in [2.45, 2.75) is 161 Å². The Balaban J connectivity index is 0.786. The molecule has 20 nitrogen and oxygen atoms in total. The van der Waals surface area contributed by atoms with Gasteiger partial charge in [0.05, 0.1) is 33.1 Å². The number of aliphatic hydroxyl groups is 1. The van der Waals surface area contributed by atoms with E-state index in [1.165, 1.54) is 21.9 Å². The SMILES string of the molecule is Cc1ncsc1-c1ccc([C@H](C)NC(=O)[C@@H]2C[C@@H](O)CN2C(=O)C(NC(=O)CCCCCNC(=O)COc2ccc3c(c2)CN(C(=O)C(NC(=O)c2cc4cc(C(F)(F)P(=O)(O)O)ccc4s2)C(C)(C)C)C(C(=O)N2CCCC(c4ccccc4)C2)C3)C(C)(C)C)cc1. The molecule has 25 heteroatoms. The maximum atomic E-state index is 15.3. The third-order valence-electron chi connectivity index (χ3n) is 17.6. The lowest BCUT2D eigenvalue weighted by Gasteiger charge is -2.43. The summed E-state index contributed by atoms with van der Waals surface area (Å²) in [6.45, 7) is 15.4. The molecule has 2 aromatic heterocycles. The summed E-state index contributed by atoms with van der Waals surface area (Å²) in [5.41, 5.74) is 0.117. The van der Waals surface area contributed by atoms with Crippen LogP contribution in [0.4, 0.5) is 8.78 Å². The quantitative estimate of drug-likeness (QED) is 0.0247. The monoisotopic (exact) mass is 1340 g/mol. The molecule has 0 aliphatic carbocycles. The molecule has 7 atom stereocenters. The van der Waals surface area contributed by atoms with Crippen molar-refractivity contribution in [2.75, 3.05) is 32.8 Å². The number of unbranched alkanes of at least 4 members (excludes halogenated alkanes) is 2. The summed E-state index contributed by atoms with van der Waals surface area (Å²) in [6, 6.07) is 22.9. The number of nitrogens with zero attached hydrogens (tertiary/aromatic N) is 4. The molecule has 7 N–H and O–H groups in total. The van der Waals surface area contributed by atoms with Gasteiger partial charge in [0, 0.05) is 68.2 Å². The minimum absolute atomic E-state index is 0.0512. The third-order valence-corrected chi connectivity index (χ3v) is 20.6. The molecule has 5 heterocycles. The van der Waals surface area contributed by atoms with Gasteiger partial charge in [-0.25, -0.2) is 4.98 Å². The number of amides is 7. The number of halogens is 2. The van der Waals surface area contributed by atoms with E-state index in [2.05, 4.69) is 26.3 Å². The first-order chi connectivity index (χ1) is 43.9. The number of hydrogen-bond acceptors (Lipinski definition) is 13. The summed E-state index contributed by atoms with van der Waals surface area (Å²) in [4.78, 5) is 128. The number of aromatic nitrogens is 1. The van der Waals surface area contributed by atoms with Gasteiger partial charge in [-0.15, -0.1) is 22.7 Å². The van der Waals surface area contributed by atoms with Crippen molar-refractivity contribution in [1.29, 1.82) is 0 Å². The van der Waals surface area contributed by atoms with Crippen LogP contribution < -0.4 is 26.0 Å². The van der Waals surface area contributed by atoms with Crippen molar-refractivity contribution < 1.29 is 66.5 Å². The molecular weight excluding hydrogens is 1250 g/mol. The molecule has 4 aromatic carbocycles. The smallest absolute Gasteiger partial charge is 0.399 e. The summed E-state index contributed by atoms with van der Waals surface area (Å²) in [6.07, 6.45) is 2.57. The van der Waals surface area contributed by atoms with E-state index in [-0.39, 0.29) is 73.5 Å². The first-order valence-corrected chi connectivity index (χ1v) is 34.7. The van der Waals surface area contributed by atoms with Crippen LogP contribution in [0.1, 0.15) is 149 Å². The topological polar surface area (TPSA) is 277 Å². The van der Waals surface area contributed by atoms with Crippen LogP contribution in [-0.4, -0.2) is 139 Å². The fraction of sp³-hybridized carbons (Fsp3) is 0.471. The van der Waals surface area contributed by atoms with Gasteiger partial charge in [-0.05, 0) is 114 Å². The van der Waals surface area contributed by atoms with Gasteiger partial charge < -0.3 is 55.6 Å². The molecule has 3 aliphatic rings. The fourth-order valence-corrected chi connectivity index (χ4v) is 14.5. The molecule has 2 saturated heterocycles. The Bertz CT molecular complexity index is 3770. The number of thiazole rings is 1. The van der Waals surface area contributed by atoms with Crippen molar-refractivity contribution in [3.05, 3.63) is 141 Å². The predicted octanol–water partition coefficient (Wildman–Crippen LogP) is 9.49. The molecular formula is C68H83F2N8O12PS2. The number of aliphatic hydroxyl groups excluding tert-OH is 1. The number of nitrogens with one attached hydrogen (secondary N) is 4. The van der Waals surface area contributed by atoms with Gasteiger partial charge in [0.25, 0.3) is 11.8 Å². The van der Waals surface area contributed by atoms with E-state index in [9.17, 15) is 57.0 Å². The molecule has 2 fully saturated rings. The third kappa shape index (κ3) is 16.7. The highest BCUT2D eigenvalue weighted by Crippen LogP contribution is 2.59. The predicted molar refractivity (Wildman–Crippen MR) is 351 cm³/mol. The highest BCUT2D eigenvalue weighted by Gasteiger charge is 2.51. The second-order valence-corrected chi connectivity index (χ2v) is 30.3. The minimum Gasteiger partial charge on any atom is -0.484 e. The van der Waals surface area contributed by atoms with Crippen molar-refractivity contribution in [3.63, 3.8) is 0 Å². The molecule has 498 valence electrons. The number of likely N-dealkylation sites (tertiary alicyclic amines) is 2. The van der Waals surface area contributed by atoms with E-state index >= 15 is 4.79 Å². The number of carbonyl (C=O) groups excluding carboxylic acids is 7. The van der Waals surface area contributed by atoms with E-state index in [1.807, 2.05) is 95.3 Å². The van der Waals surface area contributed by atoms with Crippen LogP contribution in [-0.2, 0) is 52.0 Å². The first kappa shape index (κ1) is 69.9. The zero-order chi connectivity index (χ0) is 67.3. The van der Waals surface area contributed by atoms with Crippen molar-refractivity contribution in [2.24, 2.45) is 10.8 Å². The van der Waals surface area contributed by atoms with Gasteiger partial charge in [-0.3, -0.25) is 38.1 Å². The Morgan fingerprint density at radius 1 is 0.785 bits per heavy atom. The van der Waals surface area contributed by atoms with Crippen LogP contribution >= 0.6 is 30.3 Å². The zero-order valence-electron chi connectivity index (χ0n) is 53.6. The summed E-state index contributed by atoms with van der Waals surface area (Å²) in [5.74, 6) is -2.68. The number of β-amino-alcohol motifs (C(OH)–C–C–N with tert-alkyl or cyclic N) is 1. The van der Waals surface area contributed by atoms with Crippen molar-refractivity contribution in [1.82, 2.24) is 41.0 Å². The standard InChI is InChI=1S/C68H83F2N8O12PS2/c1-40(42-20-22-44(23-21-42)58-41(2)72-39-92-58)73-61(82)52-34-50(79)37-78(52)64(85)59(66(3,4)5)74-56(80)19-13-10-14-28-71-57(81)38-90-51-26-24-45-32-53(63(84)76-29-15-18-46(35-76)43-16-11-9-12-17-43)77(36-48(45)31-51)65(86)60(67(6,7)8)75-62(83)55-33-47-30-49(25-27-54(47)93-55)68(69,70)91(87,88)89/h9,11-12,16-17,20-27,30-31,33,39-40,46,50,52-53,59-60,79H,10,13-15,18-19,28-29,32,34-38H2,1-8H3,(H,71,81)(H,73,82)(H,74,80)(H,75,83)(H2,87,88,89)/t40-,46?,50+,52-,53?,59?,60?/m0/s1. The normalized spacial score (nSPS) is 18.9. The van der Waals surface area contributed by atoms with E-state index in [0.29, 0.717) is 48.4 Å². The number of ether oxygens (including phenoxy) is 1. The molecule has 4 unspecified atom stereocenters. The summed E-state index contributed by atoms with van der Waals surface area (Å²) < 4.78 is 47.5. The molecule has 93 heavy (non-hydrogen) atoms. The molecule has 6 aromatic rings. The maximum absolute atomic E-state index is 15.3. The van der Waals surface area contributed by atoms with Crippen LogP contribution in [0.3, 0.4) is 0 Å². The Morgan fingerprint density at radius 2 is 1.48 bits per heavy atom. The van der Waals surface area contributed by atoms with Crippen LogP contribution in [0.2, 0.25) is 0 Å². The molecule has 0 saturated carbocycles. The number of fused-ring (bicyclic) bond motifs is 2. The van der Waals surface area contributed by atoms with Gasteiger partial charge in [-0.1, -0.05) is 115 Å². The molecule has 3 aliphatic heterocycles. The lowest BCUT2D eigenvalue weighted by Crippen LogP contribution is -2.61.